The number of aliphatic hydroxyl groups excluding tert-OH is 1. The Morgan fingerprint density at radius 1 is 1.18 bits per heavy atom. The molecule has 2 heteroatoms. The van der Waals surface area contributed by atoms with E-state index in [4.69, 9.17) is 5.11 Å². The summed E-state index contributed by atoms with van der Waals surface area (Å²) >= 11 is 0. The van der Waals surface area contributed by atoms with Gasteiger partial charge in [0, 0.05) is 0 Å². The summed E-state index contributed by atoms with van der Waals surface area (Å²) < 4.78 is 0. The molecule has 0 atom stereocenters. The molecular weight excluding hydrogens is 152 g/mol. The van der Waals surface area contributed by atoms with Gasteiger partial charge in [0.1, 0.15) is 0 Å². The molecule has 0 bridgehead atoms. The molecular formula is C9H20OSi. The first-order valence-corrected chi connectivity index (χ1v) is 7.08. The third-order valence-corrected chi connectivity index (χ3v) is 8.69. The maximum Gasteiger partial charge on any atom is 0.0829 e. The van der Waals surface area contributed by atoms with Crippen molar-refractivity contribution in [3.05, 3.63) is 11.8 Å². The predicted molar refractivity (Wildman–Crippen MR) is 53.4 cm³/mol. The summed E-state index contributed by atoms with van der Waals surface area (Å²) in [5.74, 6) is 0. The molecule has 0 aromatic carbocycles. The van der Waals surface area contributed by atoms with E-state index in [2.05, 4.69) is 27.4 Å². The third-order valence-electron chi connectivity index (χ3n) is 2.97. The van der Waals surface area contributed by atoms with E-state index in [-0.39, 0.29) is 6.61 Å². The van der Waals surface area contributed by atoms with Crippen molar-refractivity contribution in [1.29, 1.82) is 0 Å². The van der Waals surface area contributed by atoms with Crippen LogP contribution >= 0.6 is 0 Å². The number of hydrogen-bond donors (Lipinski definition) is 1. The van der Waals surface area contributed by atoms with E-state index in [1.807, 2.05) is 0 Å². The van der Waals surface area contributed by atoms with E-state index in [0.29, 0.717) is 0 Å². The van der Waals surface area contributed by atoms with Crippen LogP contribution in [0.2, 0.25) is 18.1 Å². The van der Waals surface area contributed by atoms with Gasteiger partial charge in [-0.3, -0.25) is 0 Å². The van der Waals surface area contributed by atoms with Crippen molar-refractivity contribution in [2.75, 3.05) is 6.61 Å². The molecule has 66 valence electrons. The van der Waals surface area contributed by atoms with Gasteiger partial charge in [0.15, 0.2) is 0 Å². The van der Waals surface area contributed by atoms with Crippen LogP contribution in [0.25, 0.3) is 0 Å². The van der Waals surface area contributed by atoms with E-state index in [9.17, 15) is 0 Å². The summed E-state index contributed by atoms with van der Waals surface area (Å²) in [7, 11) is -1.27. The standard InChI is InChI=1S/C9H20OSi/c1-5-11(6-2,7-3)9(4)8-10/h10H,4-8H2,1-3H3. The van der Waals surface area contributed by atoms with Gasteiger partial charge in [-0.1, -0.05) is 44.1 Å². The monoisotopic (exact) mass is 172 g/mol. The van der Waals surface area contributed by atoms with E-state index in [1.54, 1.807) is 0 Å². The molecule has 1 nitrogen and oxygen atoms in total. The lowest BCUT2D eigenvalue weighted by Crippen LogP contribution is -2.35. The fourth-order valence-corrected chi connectivity index (χ4v) is 5.00. The lowest BCUT2D eigenvalue weighted by atomic mass is 10.7. The Kier molecular flexibility index (Phi) is 4.69. The van der Waals surface area contributed by atoms with Crippen LogP contribution in [0.1, 0.15) is 20.8 Å². The molecule has 1 N–H and O–H groups in total. The van der Waals surface area contributed by atoms with Gasteiger partial charge in [-0.25, -0.2) is 0 Å². The minimum atomic E-state index is -1.27. The molecule has 0 aliphatic rings. The third kappa shape index (κ3) is 2.17. The van der Waals surface area contributed by atoms with Gasteiger partial charge in [-0.15, -0.1) is 6.58 Å². The maximum absolute atomic E-state index is 9.00. The summed E-state index contributed by atoms with van der Waals surface area (Å²) in [5.41, 5.74) is 0. The second-order valence-corrected chi connectivity index (χ2v) is 8.49. The Hall–Kier alpha value is -0.0831. The van der Waals surface area contributed by atoms with Crippen LogP contribution in [0.4, 0.5) is 0 Å². The van der Waals surface area contributed by atoms with Crippen LogP contribution in [0.5, 0.6) is 0 Å². The second-order valence-electron chi connectivity index (χ2n) is 3.10. The molecule has 0 rings (SSSR count). The highest BCUT2D eigenvalue weighted by molar-refractivity contribution is 6.86. The van der Waals surface area contributed by atoms with Crippen molar-refractivity contribution in [2.24, 2.45) is 0 Å². The normalized spacial score (nSPS) is 11.6. The van der Waals surface area contributed by atoms with Gasteiger partial charge in [0.25, 0.3) is 0 Å². The first-order valence-electron chi connectivity index (χ1n) is 4.46. The van der Waals surface area contributed by atoms with E-state index in [1.165, 1.54) is 18.1 Å². The zero-order valence-corrected chi connectivity index (χ0v) is 8.98. The van der Waals surface area contributed by atoms with Gasteiger partial charge in [-0.2, -0.15) is 0 Å². The van der Waals surface area contributed by atoms with Gasteiger partial charge < -0.3 is 5.11 Å². The van der Waals surface area contributed by atoms with Crippen LogP contribution in [-0.4, -0.2) is 19.8 Å². The summed E-state index contributed by atoms with van der Waals surface area (Å²) in [4.78, 5) is 0. The van der Waals surface area contributed by atoms with Crippen molar-refractivity contribution in [3.63, 3.8) is 0 Å². The molecule has 0 amide bonds. The highest BCUT2D eigenvalue weighted by atomic mass is 28.3. The van der Waals surface area contributed by atoms with Crippen LogP contribution in [0, 0.1) is 0 Å². The highest BCUT2D eigenvalue weighted by Gasteiger charge is 2.29. The molecule has 11 heavy (non-hydrogen) atoms. The first-order chi connectivity index (χ1) is 5.16. The van der Waals surface area contributed by atoms with Crippen molar-refractivity contribution in [1.82, 2.24) is 0 Å². The Balaban J connectivity index is 4.39. The number of rotatable bonds is 5. The molecule has 0 aliphatic heterocycles. The Bertz CT molecular complexity index is 119. The summed E-state index contributed by atoms with van der Waals surface area (Å²) in [5, 5.41) is 10.1. The van der Waals surface area contributed by atoms with E-state index in [0.717, 1.165) is 5.20 Å². The smallest absolute Gasteiger partial charge is 0.0829 e. The van der Waals surface area contributed by atoms with Crippen molar-refractivity contribution < 1.29 is 5.11 Å². The zero-order chi connectivity index (χ0) is 8.91. The lowest BCUT2D eigenvalue weighted by molar-refractivity contribution is 0.337. The van der Waals surface area contributed by atoms with Crippen molar-refractivity contribution >= 4 is 8.07 Å². The lowest BCUT2D eigenvalue weighted by Gasteiger charge is -2.29. The molecule has 0 aliphatic carbocycles. The average Bonchev–Trinajstić information content (AvgIpc) is 2.08. The molecule has 0 spiro atoms. The zero-order valence-electron chi connectivity index (χ0n) is 7.98. The molecule has 0 fully saturated rings. The predicted octanol–water partition coefficient (Wildman–Crippen LogP) is 2.58. The first kappa shape index (κ1) is 10.9. The summed E-state index contributed by atoms with van der Waals surface area (Å²) in [6.45, 7) is 10.8. The molecule has 0 aromatic heterocycles. The molecule has 0 heterocycles. The SMILES string of the molecule is C=C(CO)[Si](CC)(CC)CC. The van der Waals surface area contributed by atoms with E-state index < -0.39 is 8.07 Å². The van der Waals surface area contributed by atoms with Crippen LogP contribution in [0.15, 0.2) is 11.8 Å². The summed E-state index contributed by atoms with van der Waals surface area (Å²) in [6.07, 6.45) is 0. The number of hydrogen-bond acceptors (Lipinski definition) is 1. The average molecular weight is 172 g/mol. The van der Waals surface area contributed by atoms with Gasteiger partial charge in [-0.05, 0) is 0 Å². The van der Waals surface area contributed by atoms with Gasteiger partial charge >= 0.3 is 0 Å². The minimum absolute atomic E-state index is 0.196. The van der Waals surface area contributed by atoms with Crippen LogP contribution in [0.3, 0.4) is 0 Å². The highest BCUT2D eigenvalue weighted by Crippen LogP contribution is 2.26. The Morgan fingerprint density at radius 3 is 1.64 bits per heavy atom. The van der Waals surface area contributed by atoms with Crippen molar-refractivity contribution in [3.8, 4) is 0 Å². The fraction of sp³-hybridized carbons (Fsp3) is 0.778. The Labute approximate surface area is 71.1 Å². The molecule has 0 aromatic rings. The minimum Gasteiger partial charge on any atom is -0.392 e. The maximum atomic E-state index is 9.00. The topological polar surface area (TPSA) is 20.2 Å². The quantitative estimate of drug-likeness (QED) is 0.632. The van der Waals surface area contributed by atoms with Crippen LogP contribution in [-0.2, 0) is 0 Å². The largest absolute Gasteiger partial charge is 0.392 e. The van der Waals surface area contributed by atoms with Gasteiger partial charge in [0.05, 0.1) is 14.7 Å². The van der Waals surface area contributed by atoms with Crippen LogP contribution < -0.4 is 0 Å². The Morgan fingerprint density at radius 2 is 1.55 bits per heavy atom. The molecule has 0 saturated heterocycles. The van der Waals surface area contributed by atoms with E-state index >= 15 is 0 Å². The van der Waals surface area contributed by atoms with Crippen molar-refractivity contribution in [2.45, 2.75) is 38.9 Å². The fourth-order valence-electron chi connectivity index (χ4n) is 1.67. The number of aliphatic hydroxyl groups is 1. The molecule has 0 saturated carbocycles. The second kappa shape index (κ2) is 4.73. The van der Waals surface area contributed by atoms with Gasteiger partial charge in [0.2, 0.25) is 0 Å². The molecule has 0 radical (unpaired) electrons. The summed E-state index contributed by atoms with van der Waals surface area (Å²) in [6, 6.07) is 3.66. The molecule has 0 unspecified atom stereocenters.